The second kappa shape index (κ2) is 7.10. The van der Waals surface area contributed by atoms with Gasteiger partial charge in [-0.15, -0.1) is 0 Å². The van der Waals surface area contributed by atoms with Gasteiger partial charge in [-0.1, -0.05) is 6.92 Å². The molecule has 3 aromatic rings. The van der Waals surface area contributed by atoms with Gasteiger partial charge in [-0.2, -0.15) is 0 Å². The summed E-state index contributed by atoms with van der Waals surface area (Å²) in [6.07, 6.45) is 4.99. The van der Waals surface area contributed by atoms with E-state index in [2.05, 4.69) is 10.1 Å². The number of hydrogen-bond acceptors (Lipinski definition) is 4. The van der Waals surface area contributed by atoms with Crippen LogP contribution in [0.3, 0.4) is 0 Å². The van der Waals surface area contributed by atoms with Crippen LogP contribution >= 0.6 is 0 Å². The first-order valence-corrected chi connectivity index (χ1v) is 9.57. The van der Waals surface area contributed by atoms with E-state index in [0.717, 1.165) is 30.7 Å². The largest absolute Gasteiger partial charge is 0.330 e. The van der Waals surface area contributed by atoms with Crippen molar-refractivity contribution in [1.29, 1.82) is 0 Å². The molecule has 28 heavy (non-hydrogen) atoms. The number of piperidine rings is 1. The van der Waals surface area contributed by atoms with Crippen molar-refractivity contribution < 1.29 is 4.79 Å². The maximum atomic E-state index is 13.1. The van der Waals surface area contributed by atoms with Gasteiger partial charge in [-0.05, 0) is 31.7 Å². The predicted octanol–water partition coefficient (Wildman–Crippen LogP) is 1.65. The van der Waals surface area contributed by atoms with E-state index in [-0.39, 0.29) is 23.1 Å². The van der Waals surface area contributed by atoms with Crippen LogP contribution in [0.15, 0.2) is 40.1 Å². The van der Waals surface area contributed by atoms with Crippen LogP contribution in [0.25, 0.3) is 5.65 Å². The van der Waals surface area contributed by atoms with Gasteiger partial charge in [0.2, 0.25) is 5.56 Å². The summed E-state index contributed by atoms with van der Waals surface area (Å²) < 4.78 is 2.84. The molecule has 0 bridgehead atoms. The van der Waals surface area contributed by atoms with Gasteiger partial charge in [0.05, 0.1) is 17.3 Å². The summed E-state index contributed by atoms with van der Waals surface area (Å²) in [6, 6.07) is 6.20. The van der Waals surface area contributed by atoms with Gasteiger partial charge in [-0.25, -0.2) is 9.50 Å². The molecule has 1 amide bonds. The third-order valence-corrected chi connectivity index (χ3v) is 5.34. The molecule has 1 atom stereocenters. The minimum absolute atomic E-state index is 0.117. The lowest BCUT2D eigenvalue weighted by Crippen LogP contribution is -2.39. The van der Waals surface area contributed by atoms with Gasteiger partial charge < -0.3 is 9.47 Å². The lowest BCUT2D eigenvalue weighted by Gasteiger charge is -2.35. The molecule has 146 valence electrons. The number of pyridine rings is 1. The molecule has 0 radical (unpaired) electrons. The predicted molar refractivity (Wildman–Crippen MR) is 105 cm³/mol. The fourth-order valence-corrected chi connectivity index (χ4v) is 3.80. The number of aromatic amines is 1. The van der Waals surface area contributed by atoms with Crippen molar-refractivity contribution in [3.8, 4) is 0 Å². The van der Waals surface area contributed by atoms with E-state index in [1.807, 2.05) is 17.9 Å². The van der Waals surface area contributed by atoms with Gasteiger partial charge in [0.1, 0.15) is 0 Å². The van der Waals surface area contributed by atoms with E-state index in [9.17, 15) is 14.4 Å². The Labute approximate surface area is 161 Å². The highest BCUT2D eigenvalue weighted by atomic mass is 16.2. The monoisotopic (exact) mass is 381 g/mol. The molecule has 1 saturated heterocycles. The molecular formula is C20H23N5O3. The highest BCUT2D eigenvalue weighted by Crippen LogP contribution is 2.31. The van der Waals surface area contributed by atoms with E-state index in [1.165, 1.54) is 21.2 Å². The maximum absolute atomic E-state index is 13.1. The quantitative estimate of drug-likeness (QED) is 0.747. The first kappa shape index (κ1) is 18.2. The lowest BCUT2D eigenvalue weighted by molar-refractivity contribution is 0.0604. The second-order valence-corrected chi connectivity index (χ2v) is 7.22. The van der Waals surface area contributed by atoms with Crippen molar-refractivity contribution in [3.63, 3.8) is 0 Å². The van der Waals surface area contributed by atoms with E-state index < -0.39 is 0 Å². The van der Waals surface area contributed by atoms with Crippen molar-refractivity contribution in [3.05, 3.63) is 68.1 Å². The number of likely N-dealkylation sites (tertiary alicyclic amines) is 1. The van der Waals surface area contributed by atoms with E-state index in [0.29, 0.717) is 24.2 Å². The minimum atomic E-state index is -0.162. The number of amides is 1. The van der Waals surface area contributed by atoms with Gasteiger partial charge in [0.15, 0.2) is 5.65 Å². The second-order valence-electron chi connectivity index (χ2n) is 7.22. The van der Waals surface area contributed by atoms with Crippen LogP contribution in [0.5, 0.6) is 0 Å². The number of H-pyrrole nitrogens is 1. The Bertz CT molecular complexity index is 1160. The van der Waals surface area contributed by atoms with E-state index >= 15 is 0 Å². The average molecular weight is 381 g/mol. The number of nitrogens with one attached hydrogen (secondary N) is 1. The molecule has 1 aliphatic rings. The Morgan fingerprint density at radius 3 is 2.79 bits per heavy atom. The van der Waals surface area contributed by atoms with Crippen LogP contribution in [0, 0.1) is 0 Å². The van der Waals surface area contributed by atoms with Gasteiger partial charge in [-0.3, -0.25) is 19.5 Å². The normalized spacial score (nSPS) is 17.2. The van der Waals surface area contributed by atoms with E-state index in [4.69, 9.17) is 0 Å². The topological polar surface area (TPSA) is 92.5 Å². The zero-order valence-corrected chi connectivity index (χ0v) is 16.0. The van der Waals surface area contributed by atoms with Gasteiger partial charge in [0.25, 0.3) is 11.5 Å². The summed E-state index contributed by atoms with van der Waals surface area (Å²) in [5.74, 6) is -0.117. The van der Waals surface area contributed by atoms with Crippen LogP contribution in [0.2, 0.25) is 0 Å². The minimum Gasteiger partial charge on any atom is -0.330 e. The molecule has 8 nitrogen and oxygen atoms in total. The highest BCUT2D eigenvalue weighted by Gasteiger charge is 2.30. The number of carbonyl (C=O) groups excluding carboxylic acids is 1. The number of aromatic nitrogens is 4. The third kappa shape index (κ3) is 3.15. The first-order valence-electron chi connectivity index (χ1n) is 9.57. The standard InChI is InChI=1S/C20H23N5O3/c1-3-14-10-19(27)25-17(21-14)11-15(22-25)16-6-4-5-9-24(16)20(28)13-7-8-18(26)23(2)12-13/h7-8,10-12,16,22H,3-6,9H2,1-2H3. The van der Waals surface area contributed by atoms with Gasteiger partial charge >= 0.3 is 0 Å². The van der Waals surface area contributed by atoms with Crippen LogP contribution in [-0.4, -0.2) is 36.5 Å². The highest BCUT2D eigenvalue weighted by molar-refractivity contribution is 5.94. The fraction of sp³-hybridized carbons (Fsp3) is 0.400. The molecule has 0 aromatic carbocycles. The molecule has 0 aliphatic carbocycles. The Hall–Kier alpha value is -3.16. The molecule has 1 unspecified atom stereocenters. The molecule has 4 heterocycles. The van der Waals surface area contributed by atoms with Crippen molar-refractivity contribution >= 4 is 11.6 Å². The van der Waals surface area contributed by atoms with Crippen molar-refractivity contribution in [2.24, 2.45) is 7.05 Å². The van der Waals surface area contributed by atoms with Crippen LogP contribution < -0.4 is 11.1 Å². The smallest absolute Gasteiger partial charge is 0.272 e. The lowest BCUT2D eigenvalue weighted by atomic mass is 9.98. The number of fused-ring (bicyclic) bond motifs is 1. The molecule has 0 spiro atoms. The van der Waals surface area contributed by atoms with E-state index in [1.54, 1.807) is 19.3 Å². The number of rotatable bonds is 3. The summed E-state index contributed by atoms with van der Waals surface area (Å²) in [5.41, 5.74) is 2.29. The molecule has 8 heteroatoms. The summed E-state index contributed by atoms with van der Waals surface area (Å²) in [7, 11) is 1.63. The molecular weight excluding hydrogens is 358 g/mol. The molecule has 0 saturated carbocycles. The Morgan fingerprint density at radius 1 is 1.21 bits per heavy atom. The summed E-state index contributed by atoms with van der Waals surface area (Å²) in [6.45, 7) is 2.59. The molecule has 1 N–H and O–H groups in total. The maximum Gasteiger partial charge on any atom is 0.272 e. The summed E-state index contributed by atoms with van der Waals surface area (Å²) >= 11 is 0. The Morgan fingerprint density at radius 2 is 2.04 bits per heavy atom. The molecule has 4 rings (SSSR count). The number of nitrogens with zero attached hydrogens (tertiary/aromatic N) is 4. The van der Waals surface area contributed by atoms with Crippen LogP contribution in [0.1, 0.15) is 54.0 Å². The van der Waals surface area contributed by atoms with Crippen molar-refractivity contribution in [2.75, 3.05) is 6.54 Å². The molecule has 3 aromatic heterocycles. The zero-order chi connectivity index (χ0) is 19.8. The average Bonchev–Trinajstić information content (AvgIpc) is 3.14. The van der Waals surface area contributed by atoms with Gasteiger partial charge in [0, 0.05) is 43.7 Å². The molecule has 1 aliphatic heterocycles. The Balaban J connectivity index is 1.72. The SMILES string of the molecule is CCc1cc(=O)n2[nH]c(C3CCCCN3C(=O)c3ccc(=O)n(C)c3)cc2n1. The van der Waals surface area contributed by atoms with Crippen molar-refractivity contribution in [2.45, 2.75) is 38.6 Å². The fourth-order valence-electron chi connectivity index (χ4n) is 3.80. The third-order valence-electron chi connectivity index (χ3n) is 5.34. The van der Waals surface area contributed by atoms with Crippen molar-refractivity contribution in [1.82, 2.24) is 24.1 Å². The Kier molecular flexibility index (Phi) is 4.62. The number of carbonyl (C=O) groups is 1. The summed E-state index contributed by atoms with van der Waals surface area (Å²) in [4.78, 5) is 43.4. The van der Waals surface area contributed by atoms with Crippen LogP contribution in [0.4, 0.5) is 0 Å². The molecule has 1 fully saturated rings. The number of hydrogen-bond donors (Lipinski definition) is 1. The van der Waals surface area contributed by atoms with Crippen LogP contribution in [-0.2, 0) is 13.5 Å². The number of aryl methyl sites for hydroxylation is 2. The zero-order valence-electron chi connectivity index (χ0n) is 16.0. The first-order chi connectivity index (χ1) is 13.5. The summed E-state index contributed by atoms with van der Waals surface area (Å²) in [5, 5.41) is 3.13.